The third kappa shape index (κ3) is 5.77. The van der Waals surface area contributed by atoms with E-state index in [4.69, 9.17) is 14.2 Å². The molecule has 5 rings (SSSR count). The molecule has 3 aromatic carbocycles. The molecule has 1 aliphatic rings. The van der Waals surface area contributed by atoms with Gasteiger partial charge in [0, 0.05) is 32.1 Å². The molecule has 1 aromatic heterocycles. The van der Waals surface area contributed by atoms with E-state index in [1.807, 2.05) is 66.7 Å². The molecular formula is C30H32ClNO4S. The van der Waals surface area contributed by atoms with Crippen molar-refractivity contribution in [2.75, 3.05) is 20.8 Å². The van der Waals surface area contributed by atoms with Gasteiger partial charge in [0.2, 0.25) is 0 Å². The topological polar surface area (TPSA) is 56.8 Å². The molecule has 1 aliphatic heterocycles. The quantitative estimate of drug-likeness (QED) is 0.242. The highest BCUT2D eigenvalue weighted by atomic mass is 35.5. The number of piperidine rings is 1. The summed E-state index contributed by atoms with van der Waals surface area (Å²) in [4.78, 5) is 14.8. The summed E-state index contributed by atoms with van der Waals surface area (Å²) >= 11 is 1.60. The first-order valence-electron chi connectivity index (χ1n) is 12.4. The number of halogens is 1. The predicted molar refractivity (Wildman–Crippen MR) is 153 cm³/mol. The van der Waals surface area contributed by atoms with Crippen LogP contribution in [-0.4, -0.2) is 38.7 Å². The molecule has 0 bridgehead atoms. The van der Waals surface area contributed by atoms with Crippen molar-refractivity contribution in [1.82, 2.24) is 5.32 Å². The number of ketones is 1. The summed E-state index contributed by atoms with van der Waals surface area (Å²) < 4.78 is 18.0. The van der Waals surface area contributed by atoms with Crippen LogP contribution < -0.4 is 19.5 Å². The largest absolute Gasteiger partial charge is 0.497 e. The summed E-state index contributed by atoms with van der Waals surface area (Å²) in [7, 11) is 3.30. The monoisotopic (exact) mass is 537 g/mol. The van der Waals surface area contributed by atoms with Gasteiger partial charge in [-0.2, -0.15) is 0 Å². The molecule has 1 fully saturated rings. The van der Waals surface area contributed by atoms with E-state index in [-0.39, 0.29) is 24.3 Å². The van der Waals surface area contributed by atoms with Crippen molar-refractivity contribution in [2.24, 2.45) is 0 Å². The summed E-state index contributed by atoms with van der Waals surface area (Å²) in [6.07, 6.45) is 3.66. The molecule has 1 N–H and O–H groups in total. The highest BCUT2D eigenvalue weighted by Gasteiger charge is 2.23. The fourth-order valence-corrected chi connectivity index (χ4v) is 6.01. The number of nitrogens with one attached hydrogen (secondary N) is 1. The van der Waals surface area contributed by atoms with E-state index < -0.39 is 0 Å². The first kappa shape index (κ1) is 27.0. The standard InChI is InChI=1S/C30H31NO4S.ClH/c1-19(26-6-4-5-17-31-26)35-23-13-7-20(8-14-23)29(32)28-25-16-15-24(34-3)18-27(25)36-30(28)21-9-11-22(33-2)12-10-21;/h7-16,18-19,26,31H,4-6,17H2,1-3H3;1H. The fraction of sp³-hybridized carbons (Fsp3) is 0.300. The zero-order valence-corrected chi connectivity index (χ0v) is 22.9. The van der Waals surface area contributed by atoms with Crippen molar-refractivity contribution in [1.29, 1.82) is 0 Å². The molecule has 5 nitrogen and oxygen atoms in total. The van der Waals surface area contributed by atoms with Crippen molar-refractivity contribution < 1.29 is 19.0 Å². The average molecular weight is 538 g/mol. The second kappa shape index (κ2) is 12.0. The van der Waals surface area contributed by atoms with Crippen molar-refractivity contribution >= 4 is 39.6 Å². The zero-order chi connectivity index (χ0) is 25.1. The highest BCUT2D eigenvalue weighted by molar-refractivity contribution is 7.22. The van der Waals surface area contributed by atoms with Crippen molar-refractivity contribution in [3.8, 4) is 27.7 Å². The average Bonchev–Trinajstić information content (AvgIpc) is 3.32. The van der Waals surface area contributed by atoms with Crippen LogP contribution in [-0.2, 0) is 0 Å². The van der Waals surface area contributed by atoms with E-state index in [2.05, 4.69) is 12.2 Å². The molecule has 2 heterocycles. The maximum absolute atomic E-state index is 13.9. The van der Waals surface area contributed by atoms with E-state index >= 15 is 0 Å². The summed E-state index contributed by atoms with van der Waals surface area (Å²) in [5.41, 5.74) is 2.32. The Morgan fingerprint density at radius 3 is 2.24 bits per heavy atom. The number of benzene rings is 3. The molecule has 0 aliphatic carbocycles. The third-order valence-corrected chi connectivity index (χ3v) is 8.03. The molecule has 7 heteroatoms. The number of rotatable bonds is 8. The van der Waals surface area contributed by atoms with Crippen molar-refractivity contribution in [3.05, 3.63) is 77.9 Å². The van der Waals surface area contributed by atoms with E-state index in [1.165, 1.54) is 12.8 Å². The van der Waals surface area contributed by atoms with Crippen LogP contribution in [0.3, 0.4) is 0 Å². The second-order valence-electron chi connectivity index (χ2n) is 9.13. The summed E-state index contributed by atoms with van der Waals surface area (Å²) in [5, 5.41) is 4.47. The minimum absolute atomic E-state index is 0. The third-order valence-electron chi connectivity index (χ3n) is 6.83. The van der Waals surface area contributed by atoms with E-state index in [0.717, 1.165) is 50.7 Å². The van der Waals surface area contributed by atoms with Gasteiger partial charge in [-0.3, -0.25) is 4.79 Å². The lowest BCUT2D eigenvalue weighted by Crippen LogP contribution is -2.44. The van der Waals surface area contributed by atoms with Crippen LogP contribution >= 0.6 is 23.7 Å². The van der Waals surface area contributed by atoms with Crippen LogP contribution in [0.25, 0.3) is 20.5 Å². The highest BCUT2D eigenvalue weighted by Crippen LogP contribution is 2.41. The number of hydrogen-bond acceptors (Lipinski definition) is 6. The smallest absolute Gasteiger partial charge is 0.195 e. The minimum Gasteiger partial charge on any atom is -0.497 e. The molecular weight excluding hydrogens is 506 g/mol. The van der Waals surface area contributed by atoms with E-state index in [1.54, 1.807) is 25.6 Å². The van der Waals surface area contributed by atoms with Gasteiger partial charge in [-0.05, 0) is 98.6 Å². The first-order chi connectivity index (χ1) is 17.6. The van der Waals surface area contributed by atoms with Crippen molar-refractivity contribution in [2.45, 2.75) is 38.3 Å². The normalized spacial score (nSPS) is 16.0. The Balaban J connectivity index is 0.00000320. The van der Waals surface area contributed by atoms with Gasteiger partial charge < -0.3 is 19.5 Å². The summed E-state index contributed by atoms with van der Waals surface area (Å²) in [6, 6.07) is 21.6. The summed E-state index contributed by atoms with van der Waals surface area (Å²) in [5.74, 6) is 2.32. The number of carbonyl (C=O) groups excluding carboxylic acids is 1. The Morgan fingerprint density at radius 2 is 1.59 bits per heavy atom. The van der Waals surface area contributed by atoms with Crippen LogP contribution in [0, 0.1) is 0 Å². The molecule has 0 radical (unpaired) electrons. The lowest BCUT2D eigenvalue weighted by Gasteiger charge is -2.29. The van der Waals surface area contributed by atoms with E-state index in [0.29, 0.717) is 17.2 Å². The lowest BCUT2D eigenvalue weighted by atomic mass is 9.97. The van der Waals surface area contributed by atoms with Gasteiger partial charge in [0.05, 0.1) is 14.2 Å². The molecule has 194 valence electrons. The number of thiophene rings is 1. The molecule has 2 atom stereocenters. The number of methoxy groups -OCH3 is 2. The van der Waals surface area contributed by atoms with Gasteiger partial charge in [-0.25, -0.2) is 0 Å². The predicted octanol–water partition coefficient (Wildman–Crippen LogP) is 7.15. The Hall–Kier alpha value is -3.06. The van der Waals surface area contributed by atoms with Crippen LogP contribution in [0.2, 0.25) is 0 Å². The van der Waals surface area contributed by atoms with Gasteiger partial charge in [-0.1, -0.05) is 6.42 Å². The number of hydrogen-bond donors (Lipinski definition) is 1. The van der Waals surface area contributed by atoms with Crippen molar-refractivity contribution in [3.63, 3.8) is 0 Å². The Labute approximate surface area is 228 Å². The van der Waals surface area contributed by atoms with Crippen LogP contribution in [0.15, 0.2) is 66.7 Å². The van der Waals surface area contributed by atoms with Crippen LogP contribution in [0.1, 0.15) is 42.1 Å². The fourth-order valence-electron chi connectivity index (χ4n) is 4.78. The molecule has 37 heavy (non-hydrogen) atoms. The lowest BCUT2D eigenvalue weighted by molar-refractivity contribution is 0.104. The minimum atomic E-state index is -0.00854. The maximum Gasteiger partial charge on any atom is 0.195 e. The molecule has 0 amide bonds. The Bertz CT molecular complexity index is 1340. The molecule has 0 spiro atoms. The van der Waals surface area contributed by atoms with Gasteiger partial charge in [0.15, 0.2) is 5.78 Å². The molecule has 0 saturated carbocycles. The SMILES string of the molecule is COc1ccc(-c2sc3cc(OC)ccc3c2C(=O)c2ccc(OC(C)C3CCCCN3)cc2)cc1.Cl. The van der Waals surface area contributed by atoms with Gasteiger partial charge in [-0.15, -0.1) is 23.7 Å². The van der Waals surface area contributed by atoms with Gasteiger partial charge >= 0.3 is 0 Å². The van der Waals surface area contributed by atoms with Crippen LogP contribution in [0.4, 0.5) is 0 Å². The number of fused-ring (bicyclic) bond motifs is 1. The second-order valence-corrected chi connectivity index (χ2v) is 10.2. The molecule has 1 saturated heterocycles. The zero-order valence-electron chi connectivity index (χ0n) is 21.3. The van der Waals surface area contributed by atoms with E-state index in [9.17, 15) is 4.79 Å². The number of ether oxygens (including phenoxy) is 3. The van der Waals surface area contributed by atoms with Crippen LogP contribution in [0.5, 0.6) is 17.2 Å². The number of carbonyl (C=O) groups is 1. The molecule has 2 unspecified atom stereocenters. The Kier molecular flexibility index (Phi) is 8.75. The maximum atomic E-state index is 13.9. The summed E-state index contributed by atoms with van der Waals surface area (Å²) in [6.45, 7) is 3.15. The first-order valence-corrected chi connectivity index (χ1v) is 13.2. The Morgan fingerprint density at radius 1 is 0.919 bits per heavy atom. The van der Waals surface area contributed by atoms with Gasteiger partial charge in [0.25, 0.3) is 0 Å². The van der Waals surface area contributed by atoms with Gasteiger partial charge in [0.1, 0.15) is 23.4 Å². The molecule has 4 aromatic rings.